The van der Waals surface area contributed by atoms with Gasteiger partial charge in [-0.3, -0.25) is 0 Å². The summed E-state index contributed by atoms with van der Waals surface area (Å²) >= 11 is 0. The van der Waals surface area contributed by atoms with Crippen molar-refractivity contribution in [3.63, 3.8) is 0 Å². The minimum Gasteiger partial charge on any atom is -0.211 e. The highest BCUT2D eigenvalue weighted by Crippen LogP contribution is 2.31. The van der Waals surface area contributed by atoms with Gasteiger partial charge in [0.1, 0.15) is 0 Å². The quantitative estimate of drug-likeness (QED) is 0.518. The minimum atomic E-state index is 0.377. The van der Waals surface area contributed by atoms with E-state index in [1.165, 1.54) is 11.1 Å². The van der Waals surface area contributed by atoms with E-state index >= 15 is 0 Å². The summed E-state index contributed by atoms with van der Waals surface area (Å²) in [6.45, 7) is 8.33. The Balaban J connectivity index is 3.44. The van der Waals surface area contributed by atoms with Crippen molar-refractivity contribution in [2.24, 2.45) is 4.99 Å². The molecule has 74 valence electrons. The normalized spacial score (nSPS) is 10.1. The second kappa shape index (κ2) is 4.21. The molecule has 2 heteroatoms. The third-order valence-electron chi connectivity index (χ3n) is 2.51. The van der Waals surface area contributed by atoms with Crippen LogP contribution in [0.4, 0.5) is 5.69 Å². The SMILES string of the molecule is Cc1ccc(N=C=O)c(C(C)C)c1C. The number of benzene rings is 1. The summed E-state index contributed by atoms with van der Waals surface area (Å²) in [7, 11) is 0. The van der Waals surface area contributed by atoms with Crippen LogP contribution in [0.15, 0.2) is 17.1 Å². The first-order valence-electron chi connectivity index (χ1n) is 4.76. The van der Waals surface area contributed by atoms with Crippen molar-refractivity contribution in [1.82, 2.24) is 0 Å². The van der Waals surface area contributed by atoms with E-state index < -0.39 is 0 Å². The monoisotopic (exact) mass is 189 g/mol. The Kier molecular flexibility index (Phi) is 3.21. The molecule has 0 heterocycles. The number of nitrogens with zero attached hydrogens (tertiary/aromatic N) is 1. The van der Waals surface area contributed by atoms with Crippen LogP contribution >= 0.6 is 0 Å². The van der Waals surface area contributed by atoms with Crippen LogP contribution in [0.25, 0.3) is 0 Å². The molecule has 1 rings (SSSR count). The first-order valence-corrected chi connectivity index (χ1v) is 4.76. The summed E-state index contributed by atoms with van der Waals surface area (Å²) in [5.74, 6) is 0.377. The van der Waals surface area contributed by atoms with Gasteiger partial charge in [0.05, 0.1) is 5.69 Å². The van der Waals surface area contributed by atoms with E-state index in [0.29, 0.717) is 5.92 Å². The number of carbonyl (C=O) groups excluding carboxylic acids is 1. The van der Waals surface area contributed by atoms with Crippen LogP contribution in [0, 0.1) is 13.8 Å². The van der Waals surface area contributed by atoms with Crippen molar-refractivity contribution in [3.8, 4) is 0 Å². The van der Waals surface area contributed by atoms with Gasteiger partial charge in [0, 0.05) is 0 Å². The van der Waals surface area contributed by atoms with Crippen molar-refractivity contribution >= 4 is 11.8 Å². The molecule has 0 aliphatic heterocycles. The fraction of sp³-hybridized carbons (Fsp3) is 0.417. The average molecular weight is 189 g/mol. The smallest absolute Gasteiger partial charge is 0.211 e. The minimum absolute atomic E-state index is 0.377. The number of isocyanates is 1. The van der Waals surface area contributed by atoms with E-state index in [9.17, 15) is 4.79 Å². The van der Waals surface area contributed by atoms with Gasteiger partial charge in [-0.15, -0.1) is 0 Å². The van der Waals surface area contributed by atoms with E-state index in [0.717, 1.165) is 11.3 Å². The maximum atomic E-state index is 10.3. The van der Waals surface area contributed by atoms with Crippen LogP contribution in [-0.2, 0) is 4.79 Å². The second-order valence-corrected chi connectivity index (χ2v) is 3.80. The zero-order valence-electron chi connectivity index (χ0n) is 9.09. The molecule has 0 spiro atoms. The van der Waals surface area contributed by atoms with Crippen molar-refractivity contribution in [1.29, 1.82) is 0 Å². The Morgan fingerprint density at radius 1 is 1.29 bits per heavy atom. The van der Waals surface area contributed by atoms with Crippen molar-refractivity contribution < 1.29 is 4.79 Å². The van der Waals surface area contributed by atoms with E-state index in [1.54, 1.807) is 6.08 Å². The molecule has 0 aromatic heterocycles. The highest BCUT2D eigenvalue weighted by atomic mass is 16.1. The largest absolute Gasteiger partial charge is 0.240 e. The lowest BCUT2D eigenvalue weighted by Gasteiger charge is -2.14. The molecule has 0 aliphatic carbocycles. The summed E-state index contributed by atoms with van der Waals surface area (Å²) in [6, 6.07) is 3.86. The molecule has 0 fully saturated rings. The molecule has 0 aliphatic rings. The second-order valence-electron chi connectivity index (χ2n) is 3.80. The molecule has 0 N–H and O–H groups in total. The summed E-state index contributed by atoms with van der Waals surface area (Å²) in [4.78, 5) is 14.0. The van der Waals surface area contributed by atoms with Crippen LogP contribution in [0.2, 0.25) is 0 Å². The Morgan fingerprint density at radius 2 is 1.93 bits per heavy atom. The molecule has 0 unspecified atom stereocenters. The first-order chi connectivity index (χ1) is 6.57. The molecular formula is C12H15NO. The predicted molar refractivity (Wildman–Crippen MR) is 57.8 cm³/mol. The highest BCUT2D eigenvalue weighted by molar-refractivity contribution is 5.58. The zero-order valence-corrected chi connectivity index (χ0v) is 9.09. The summed E-state index contributed by atoms with van der Waals surface area (Å²) in [5, 5.41) is 0. The van der Waals surface area contributed by atoms with Crippen molar-refractivity contribution in [3.05, 3.63) is 28.8 Å². The Morgan fingerprint density at radius 3 is 2.43 bits per heavy atom. The van der Waals surface area contributed by atoms with E-state index in [4.69, 9.17) is 0 Å². The van der Waals surface area contributed by atoms with Crippen LogP contribution in [0.5, 0.6) is 0 Å². The molecule has 0 atom stereocenters. The maximum Gasteiger partial charge on any atom is 0.240 e. The zero-order chi connectivity index (χ0) is 10.7. The molecule has 0 saturated heterocycles. The van der Waals surface area contributed by atoms with Crippen LogP contribution in [0.1, 0.15) is 36.5 Å². The first kappa shape index (κ1) is 10.7. The van der Waals surface area contributed by atoms with Gasteiger partial charge in [-0.1, -0.05) is 19.9 Å². The van der Waals surface area contributed by atoms with Gasteiger partial charge in [-0.2, -0.15) is 4.99 Å². The molecule has 0 bridgehead atoms. The number of aryl methyl sites for hydroxylation is 1. The topological polar surface area (TPSA) is 29.4 Å². The lowest BCUT2D eigenvalue weighted by molar-refractivity contribution is 0.565. The third-order valence-corrected chi connectivity index (χ3v) is 2.51. The predicted octanol–water partition coefficient (Wildman–Crippen LogP) is 3.39. The lowest BCUT2D eigenvalue weighted by Crippen LogP contribution is -1.95. The molecule has 1 aromatic rings. The fourth-order valence-electron chi connectivity index (χ4n) is 1.70. The van der Waals surface area contributed by atoms with Gasteiger partial charge in [-0.05, 0) is 42.5 Å². The van der Waals surface area contributed by atoms with Crippen molar-refractivity contribution in [2.75, 3.05) is 0 Å². The lowest BCUT2D eigenvalue weighted by atomic mass is 9.93. The molecule has 0 radical (unpaired) electrons. The highest BCUT2D eigenvalue weighted by Gasteiger charge is 2.10. The van der Waals surface area contributed by atoms with Crippen LogP contribution in [-0.4, -0.2) is 6.08 Å². The molecular weight excluding hydrogens is 174 g/mol. The Labute approximate surface area is 84.7 Å². The van der Waals surface area contributed by atoms with Gasteiger partial charge in [0.2, 0.25) is 6.08 Å². The van der Waals surface area contributed by atoms with Gasteiger partial charge < -0.3 is 0 Å². The Bertz CT molecular complexity index is 388. The summed E-state index contributed by atoms with van der Waals surface area (Å²) in [6.07, 6.45) is 1.60. The third kappa shape index (κ3) is 1.91. The molecule has 14 heavy (non-hydrogen) atoms. The van der Waals surface area contributed by atoms with Gasteiger partial charge >= 0.3 is 0 Å². The Hall–Kier alpha value is -1.40. The average Bonchev–Trinajstić information content (AvgIpc) is 2.11. The summed E-state index contributed by atoms with van der Waals surface area (Å²) in [5.41, 5.74) is 4.35. The van der Waals surface area contributed by atoms with Gasteiger partial charge in [0.15, 0.2) is 0 Å². The van der Waals surface area contributed by atoms with Crippen LogP contribution < -0.4 is 0 Å². The van der Waals surface area contributed by atoms with E-state index in [2.05, 4.69) is 32.7 Å². The number of rotatable bonds is 2. The van der Waals surface area contributed by atoms with Crippen molar-refractivity contribution in [2.45, 2.75) is 33.6 Å². The van der Waals surface area contributed by atoms with E-state index in [1.807, 2.05) is 12.1 Å². The fourth-order valence-corrected chi connectivity index (χ4v) is 1.70. The number of aliphatic imine (C=N–C) groups is 1. The van der Waals surface area contributed by atoms with E-state index in [-0.39, 0.29) is 0 Å². The molecule has 1 aromatic carbocycles. The molecule has 2 nitrogen and oxygen atoms in total. The van der Waals surface area contributed by atoms with Gasteiger partial charge in [-0.25, -0.2) is 4.79 Å². The maximum absolute atomic E-state index is 10.3. The molecule has 0 saturated carbocycles. The standard InChI is InChI=1S/C12H15NO/c1-8(2)12-10(4)9(3)5-6-11(12)13-7-14/h5-6,8H,1-4H3. The number of hydrogen-bond acceptors (Lipinski definition) is 2. The summed E-state index contributed by atoms with van der Waals surface area (Å²) < 4.78 is 0. The molecule has 0 amide bonds. The number of hydrogen-bond donors (Lipinski definition) is 0. The van der Waals surface area contributed by atoms with Crippen LogP contribution in [0.3, 0.4) is 0 Å². The van der Waals surface area contributed by atoms with Gasteiger partial charge in [0.25, 0.3) is 0 Å².